The molecule has 28 heavy (non-hydrogen) atoms. The molecule has 1 atom stereocenters. The van der Waals surface area contributed by atoms with Crippen molar-refractivity contribution < 1.29 is 28.7 Å². The molecular formula is C19H18FN3O5. The molecule has 0 saturated heterocycles. The van der Waals surface area contributed by atoms with Crippen LogP contribution in [0.3, 0.4) is 0 Å². The number of phenols is 1. The van der Waals surface area contributed by atoms with Crippen molar-refractivity contribution in [1.29, 1.82) is 0 Å². The molecule has 146 valence electrons. The fraction of sp³-hybridized carbons (Fsp3) is 0.211. The van der Waals surface area contributed by atoms with Gasteiger partial charge in [-0.15, -0.1) is 0 Å². The number of hydrogen-bond acceptors (Lipinski definition) is 5. The van der Waals surface area contributed by atoms with E-state index in [4.69, 9.17) is 10.3 Å². The van der Waals surface area contributed by atoms with E-state index in [9.17, 15) is 24.2 Å². The van der Waals surface area contributed by atoms with Crippen LogP contribution >= 0.6 is 0 Å². The smallest absolute Gasteiger partial charge is 0.337 e. The Morgan fingerprint density at radius 1 is 1.29 bits per heavy atom. The van der Waals surface area contributed by atoms with E-state index in [2.05, 4.69) is 5.16 Å². The SMILES string of the molecule is CCn1ccc(C(=O)O)c1-c1c(-c2ccc(O)cc2)noc1CC(F)C(N)=O. The summed E-state index contributed by atoms with van der Waals surface area (Å²) in [5.41, 5.74) is 6.34. The van der Waals surface area contributed by atoms with Gasteiger partial charge in [0.05, 0.1) is 16.8 Å². The minimum absolute atomic E-state index is 0.00488. The second kappa shape index (κ2) is 7.55. The number of aromatic nitrogens is 2. The van der Waals surface area contributed by atoms with Crippen molar-refractivity contribution in [1.82, 2.24) is 9.72 Å². The lowest BCUT2D eigenvalue weighted by Crippen LogP contribution is -2.26. The Bertz CT molecular complexity index is 1020. The van der Waals surface area contributed by atoms with E-state index >= 15 is 0 Å². The number of carbonyl (C=O) groups is 2. The first-order chi connectivity index (χ1) is 13.3. The van der Waals surface area contributed by atoms with Crippen LogP contribution in [0.25, 0.3) is 22.5 Å². The first kappa shape index (κ1) is 19.2. The number of hydrogen-bond donors (Lipinski definition) is 3. The van der Waals surface area contributed by atoms with E-state index in [0.717, 1.165) is 0 Å². The van der Waals surface area contributed by atoms with Gasteiger partial charge in [0.25, 0.3) is 5.91 Å². The molecule has 2 heterocycles. The molecule has 0 fully saturated rings. The molecule has 3 aromatic rings. The molecule has 1 amide bonds. The third-order valence-electron chi connectivity index (χ3n) is 4.35. The Morgan fingerprint density at radius 2 is 1.96 bits per heavy atom. The number of carboxylic acids is 1. The zero-order valence-electron chi connectivity index (χ0n) is 14.9. The lowest BCUT2D eigenvalue weighted by molar-refractivity contribution is -0.122. The highest BCUT2D eigenvalue weighted by Crippen LogP contribution is 2.38. The molecule has 1 aromatic carbocycles. The maximum Gasteiger partial charge on any atom is 0.337 e. The number of benzene rings is 1. The number of primary amides is 1. The zero-order valence-corrected chi connectivity index (χ0v) is 14.9. The Labute approximate surface area is 159 Å². The molecule has 8 nitrogen and oxygen atoms in total. The van der Waals surface area contributed by atoms with Crippen LogP contribution in [0, 0.1) is 0 Å². The minimum atomic E-state index is -2.02. The van der Waals surface area contributed by atoms with Gasteiger partial charge in [-0.25, -0.2) is 9.18 Å². The van der Waals surface area contributed by atoms with Gasteiger partial charge in [-0.05, 0) is 37.3 Å². The summed E-state index contributed by atoms with van der Waals surface area (Å²) in [7, 11) is 0. The van der Waals surface area contributed by atoms with E-state index in [1.807, 2.05) is 6.92 Å². The topological polar surface area (TPSA) is 132 Å². The highest BCUT2D eigenvalue weighted by Gasteiger charge is 2.29. The molecule has 2 aromatic heterocycles. The van der Waals surface area contributed by atoms with Gasteiger partial charge < -0.3 is 25.0 Å². The lowest BCUT2D eigenvalue weighted by Gasteiger charge is -2.11. The Kier molecular flexibility index (Phi) is 5.16. The molecule has 3 rings (SSSR count). The van der Waals surface area contributed by atoms with Gasteiger partial charge in [-0.1, -0.05) is 5.16 Å². The fourth-order valence-corrected chi connectivity index (χ4v) is 2.97. The van der Waals surface area contributed by atoms with Crippen LogP contribution in [0.15, 0.2) is 41.1 Å². The van der Waals surface area contributed by atoms with Crippen LogP contribution in [-0.4, -0.2) is 38.0 Å². The molecule has 4 N–H and O–H groups in total. The van der Waals surface area contributed by atoms with Gasteiger partial charge >= 0.3 is 5.97 Å². The summed E-state index contributed by atoms with van der Waals surface area (Å²) in [4.78, 5) is 22.9. The van der Waals surface area contributed by atoms with Crippen LogP contribution in [-0.2, 0) is 17.8 Å². The molecule has 0 aliphatic carbocycles. The predicted molar refractivity (Wildman–Crippen MR) is 97.5 cm³/mol. The number of halogens is 1. The second-order valence-electron chi connectivity index (χ2n) is 6.12. The van der Waals surface area contributed by atoms with Gasteiger partial charge in [0.2, 0.25) is 0 Å². The number of alkyl halides is 1. The number of phenolic OH excluding ortho intramolecular Hbond substituents is 1. The molecule has 0 saturated carbocycles. The standard InChI is InChI=1S/C19H18FN3O5/c1-2-23-8-7-12(19(26)27)17(23)15-14(9-13(20)18(21)25)28-22-16(15)10-3-5-11(24)6-4-10/h3-8,13,24H,2,9H2,1H3,(H2,21,25)(H,26,27). The molecule has 0 spiro atoms. The number of carboxylic acid groups (broad SMARTS) is 1. The number of rotatable bonds is 7. The summed E-state index contributed by atoms with van der Waals surface area (Å²) in [5, 5.41) is 23.1. The second-order valence-corrected chi connectivity index (χ2v) is 6.12. The fourth-order valence-electron chi connectivity index (χ4n) is 2.97. The average Bonchev–Trinajstić information content (AvgIpc) is 3.25. The van der Waals surface area contributed by atoms with Crippen molar-refractivity contribution >= 4 is 11.9 Å². The van der Waals surface area contributed by atoms with E-state index in [1.165, 1.54) is 18.2 Å². The summed E-state index contributed by atoms with van der Waals surface area (Å²) in [5.74, 6) is -2.28. The number of aromatic carboxylic acids is 1. The molecule has 9 heteroatoms. The Balaban J connectivity index is 2.26. The molecule has 0 bridgehead atoms. The number of nitrogens with two attached hydrogens (primary N) is 1. The van der Waals surface area contributed by atoms with E-state index < -0.39 is 24.5 Å². The van der Waals surface area contributed by atoms with Crippen LogP contribution in [0.5, 0.6) is 5.75 Å². The molecule has 0 aliphatic rings. The summed E-state index contributed by atoms with van der Waals surface area (Å²) in [6.45, 7) is 2.26. The Hall–Kier alpha value is -3.62. The van der Waals surface area contributed by atoms with E-state index in [-0.39, 0.29) is 34.0 Å². The van der Waals surface area contributed by atoms with Gasteiger partial charge in [-0.2, -0.15) is 0 Å². The third-order valence-corrected chi connectivity index (χ3v) is 4.35. The van der Waals surface area contributed by atoms with Gasteiger partial charge in [-0.3, -0.25) is 4.79 Å². The van der Waals surface area contributed by atoms with Gasteiger partial charge in [0.1, 0.15) is 17.2 Å². The largest absolute Gasteiger partial charge is 0.508 e. The molecular weight excluding hydrogens is 369 g/mol. The number of carbonyl (C=O) groups excluding carboxylic acids is 1. The third kappa shape index (κ3) is 3.46. The lowest BCUT2D eigenvalue weighted by atomic mass is 9.98. The number of amides is 1. The summed E-state index contributed by atoms with van der Waals surface area (Å²) in [6.07, 6.45) is -0.904. The van der Waals surface area contributed by atoms with Crippen molar-refractivity contribution in [2.24, 2.45) is 5.73 Å². The highest BCUT2D eigenvalue weighted by molar-refractivity contribution is 5.98. The predicted octanol–water partition coefficient (Wildman–Crippen LogP) is 2.60. The monoisotopic (exact) mass is 387 g/mol. The van der Waals surface area contributed by atoms with Crippen LogP contribution in [0.2, 0.25) is 0 Å². The molecule has 1 unspecified atom stereocenters. The van der Waals surface area contributed by atoms with Gasteiger partial charge in [0.15, 0.2) is 6.17 Å². The first-order valence-corrected chi connectivity index (χ1v) is 8.47. The summed E-state index contributed by atoms with van der Waals surface area (Å²) >= 11 is 0. The van der Waals surface area contributed by atoms with Crippen LogP contribution < -0.4 is 5.73 Å². The van der Waals surface area contributed by atoms with Crippen LogP contribution in [0.4, 0.5) is 4.39 Å². The Morgan fingerprint density at radius 3 is 2.54 bits per heavy atom. The summed E-state index contributed by atoms with van der Waals surface area (Å²) in [6, 6.07) is 7.44. The van der Waals surface area contributed by atoms with Crippen molar-refractivity contribution in [3.8, 4) is 28.3 Å². The van der Waals surface area contributed by atoms with Crippen molar-refractivity contribution in [3.05, 3.63) is 47.9 Å². The quantitative estimate of drug-likeness (QED) is 0.571. The number of aryl methyl sites for hydroxylation is 1. The molecule has 0 radical (unpaired) electrons. The van der Waals surface area contributed by atoms with Gasteiger partial charge in [0, 0.05) is 24.7 Å². The summed E-state index contributed by atoms with van der Waals surface area (Å²) < 4.78 is 21.0. The molecule has 0 aliphatic heterocycles. The van der Waals surface area contributed by atoms with Crippen molar-refractivity contribution in [3.63, 3.8) is 0 Å². The average molecular weight is 387 g/mol. The highest BCUT2D eigenvalue weighted by atomic mass is 19.1. The minimum Gasteiger partial charge on any atom is -0.508 e. The van der Waals surface area contributed by atoms with Crippen molar-refractivity contribution in [2.45, 2.75) is 26.1 Å². The van der Waals surface area contributed by atoms with E-state index in [0.29, 0.717) is 12.1 Å². The number of aromatic hydroxyl groups is 1. The van der Waals surface area contributed by atoms with Crippen LogP contribution in [0.1, 0.15) is 23.0 Å². The number of nitrogens with zero attached hydrogens (tertiary/aromatic N) is 2. The van der Waals surface area contributed by atoms with E-state index in [1.54, 1.807) is 22.9 Å². The first-order valence-electron chi connectivity index (χ1n) is 8.47. The normalized spacial score (nSPS) is 12.1. The zero-order chi connectivity index (χ0) is 20.4. The maximum atomic E-state index is 14.0. The van der Waals surface area contributed by atoms with Crippen molar-refractivity contribution in [2.75, 3.05) is 0 Å². The maximum absolute atomic E-state index is 14.0.